The molecule has 5 heterocycles. The van der Waals surface area contributed by atoms with E-state index in [-0.39, 0.29) is 5.39 Å². The smallest absolute Gasteiger partial charge is 0.341 e. The number of likely N-dealkylation sites (N-methyl/N-ethyl adjacent to an activating group) is 1. The van der Waals surface area contributed by atoms with Gasteiger partial charge in [0.25, 0.3) is 0 Å². The van der Waals surface area contributed by atoms with Crippen molar-refractivity contribution in [2.75, 3.05) is 63.3 Å². The number of nitrogens with zero attached hydrogens (tertiary/aromatic N) is 6. The third kappa shape index (κ3) is 7.16. The van der Waals surface area contributed by atoms with Gasteiger partial charge in [-0.15, -0.1) is 0 Å². The van der Waals surface area contributed by atoms with E-state index in [9.17, 15) is 14.7 Å². The van der Waals surface area contributed by atoms with Crippen molar-refractivity contribution >= 4 is 40.0 Å². The van der Waals surface area contributed by atoms with Crippen LogP contribution in [-0.2, 0) is 11.2 Å². The highest BCUT2D eigenvalue weighted by Gasteiger charge is 2.31. The molecule has 4 aromatic rings. The van der Waals surface area contributed by atoms with Crippen LogP contribution in [0.5, 0.6) is 0 Å². The molecule has 46 heavy (non-hydrogen) atoms. The minimum atomic E-state index is -1.35. The standard InChI is InChI=1S/C27H32FN5O4.C7H8ClN/c1-17-6-7-31(13-17)24-11-23-20(10-22(24)28)26(34)21(27(35)36)16-33(23)18-4-5-25(29-12-18)32-14-19(15-32)30(2)8-9-37-3;1-2-7-6(8)4-3-5-9-7/h4-5,10-12,16-17,19H,6-9,13-15H2,1-3H3,(H,35,36);3-5H,2H2,1H3/t17-;/m0./s1. The Morgan fingerprint density at radius 1 is 1.17 bits per heavy atom. The molecule has 0 unspecified atom stereocenters. The fourth-order valence-corrected chi connectivity index (χ4v) is 6.08. The van der Waals surface area contributed by atoms with E-state index < -0.39 is 22.8 Å². The van der Waals surface area contributed by atoms with Crippen LogP contribution in [0.25, 0.3) is 16.6 Å². The van der Waals surface area contributed by atoms with Gasteiger partial charge < -0.3 is 24.2 Å². The molecule has 0 spiro atoms. The van der Waals surface area contributed by atoms with Crippen molar-refractivity contribution in [3.63, 3.8) is 0 Å². The van der Waals surface area contributed by atoms with Crippen LogP contribution in [0.15, 0.2) is 59.8 Å². The lowest BCUT2D eigenvalue weighted by molar-refractivity contribution is 0.0695. The molecule has 2 aliphatic heterocycles. The van der Waals surface area contributed by atoms with Crippen LogP contribution in [0.1, 0.15) is 36.3 Å². The molecule has 0 saturated carbocycles. The third-order valence-corrected chi connectivity index (χ3v) is 9.05. The zero-order valence-corrected chi connectivity index (χ0v) is 27.4. The van der Waals surface area contributed by atoms with Crippen LogP contribution in [0, 0.1) is 11.7 Å². The van der Waals surface area contributed by atoms with Crippen molar-refractivity contribution in [3.05, 3.63) is 87.3 Å². The second kappa shape index (κ2) is 14.6. The maximum Gasteiger partial charge on any atom is 0.341 e. The predicted octanol–water partition coefficient (Wildman–Crippen LogP) is 5.13. The Morgan fingerprint density at radius 2 is 1.96 bits per heavy atom. The van der Waals surface area contributed by atoms with Gasteiger partial charge in [-0.1, -0.05) is 25.4 Å². The van der Waals surface area contributed by atoms with E-state index >= 15 is 4.39 Å². The Bertz CT molecular complexity index is 1740. The molecule has 0 radical (unpaired) electrons. The van der Waals surface area contributed by atoms with Crippen LogP contribution < -0.4 is 15.2 Å². The molecule has 1 N–H and O–H groups in total. The van der Waals surface area contributed by atoms with Crippen LogP contribution in [-0.4, -0.2) is 90.0 Å². The first-order valence-electron chi connectivity index (χ1n) is 15.5. The fourth-order valence-electron chi connectivity index (χ4n) is 5.82. The van der Waals surface area contributed by atoms with Gasteiger partial charge in [0.1, 0.15) is 17.2 Å². The first-order chi connectivity index (χ1) is 22.1. The lowest BCUT2D eigenvalue weighted by Crippen LogP contribution is -2.59. The van der Waals surface area contributed by atoms with E-state index in [1.54, 1.807) is 30.1 Å². The number of carbonyl (C=O) groups is 1. The second-order valence-corrected chi connectivity index (χ2v) is 12.3. The van der Waals surface area contributed by atoms with Gasteiger partial charge >= 0.3 is 5.97 Å². The number of aromatic nitrogens is 3. The summed E-state index contributed by atoms with van der Waals surface area (Å²) in [7, 11) is 3.78. The third-order valence-electron chi connectivity index (χ3n) is 8.70. The number of anilines is 2. The van der Waals surface area contributed by atoms with E-state index in [0.29, 0.717) is 35.5 Å². The Kier molecular flexibility index (Phi) is 10.6. The maximum absolute atomic E-state index is 15.1. The number of benzene rings is 1. The predicted molar refractivity (Wildman–Crippen MR) is 179 cm³/mol. The van der Waals surface area contributed by atoms with Crippen LogP contribution in [0.4, 0.5) is 15.9 Å². The van der Waals surface area contributed by atoms with E-state index in [2.05, 4.69) is 33.7 Å². The molecular formula is C34H40ClFN6O4. The highest BCUT2D eigenvalue weighted by molar-refractivity contribution is 6.31. The number of carboxylic acid groups (broad SMARTS) is 1. The summed E-state index contributed by atoms with van der Waals surface area (Å²) in [5.41, 5.74) is 1.32. The number of rotatable bonds is 9. The first-order valence-corrected chi connectivity index (χ1v) is 15.9. The second-order valence-electron chi connectivity index (χ2n) is 11.9. The first kappa shape index (κ1) is 33.3. The van der Waals surface area contributed by atoms with E-state index in [1.807, 2.05) is 36.1 Å². The lowest BCUT2D eigenvalue weighted by Gasteiger charge is -2.44. The molecule has 0 aliphatic carbocycles. The van der Waals surface area contributed by atoms with Gasteiger partial charge in [-0.3, -0.25) is 14.7 Å². The monoisotopic (exact) mass is 650 g/mol. The number of hydrogen-bond donors (Lipinski definition) is 1. The number of pyridine rings is 3. The van der Waals surface area contributed by atoms with Gasteiger partial charge in [0.05, 0.1) is 40.4 Å². The molecule has 3 aromatic heterocycles. The number of hydrogen-bond acceptors (Lipinski definition) is 8. The average Bonchev–Trinajstić information content (AvgIpc) is 3.46. The Hall–Kier alpha value is -4.06. The molecule has 12 heteroatoms. The van der Waals surface area contributed by atoms with Gasteiger partial charge in [0.2, 0.25) is 5.43 Å². The summed E-state index contributed by atoms with van der Waals surface area (Å²) in [5.74, 6) is -0.609. The number of fused-ring (bicyclic) bond motifs is 1. The largest absolute Gasteiger partial charge is 0.477 e. The number of carboxylic acids is 1. The molecule has 1 atom stereocenters. The van der Waals surface area contributed by atoms with Crippen LogP contribution >= 0.6 is 11.6 Å². The van der Waals surface area contributed by atoms with E-state index in [0.717, 1.165) is 62.1 Å². The van der Waals surface area contributed by atoms with E-state index in [1.165, 1.54) is 12.3 Å². The van der Waals surface area contributed by atoms with Crippen molar-refractivity contribution in [3.8, 4) is 5.69 Å². The Balaban J connectivity index is 0.000000400. The van der Waals surface area contributed by atoms with Crippen molar-refractivity contribution < 1.29 is 19.0 Å². The van der Waals surface area contributed by atoms with Crippen LogP contribution in [0.2, 0.25) is 5.02 Å². The summed E-state index contributed by atoms with van der Waals surface area (Å²) in [4.78, 5) is 39.9. The SMILES string of the molecule is CCc1ncccc1Cl.COCCN(C)C1CN(c2ccc(-n3cc(C(=O)O)c(=O)c4cc(F)c(N5CC[C@H](C)C5)cc43)cn2)C1. The van der Waals surface area contributed by atoms with Crippen LogP contribution in [0.3, 0.4) is 0 Å². The topological polar surface area (TPSA) is 104 Å². The summed E-state index contributed by atoms with van der Waals surface area (Å²) < 4.78 is 21.9. The minimum Gasteiger partial charge on any atom is -0.477 e. The van der Waals surface area contributed by atoms with Crippen molar-refractivity contribution in [2.24, 2.45) is 5.92 Å². The molecule has 2 fully saturated rings. The normalized spacial score (nSPS) is 16.5. The van der Waals surface area contributed by atoms with Crippen molar-refractivity contribution in [1.82, 2.24) is 19.4 Å². The molecule has 0 amide bonds. The molecule has 2 saturated heterocycles. The Labute approximate surface area is 273 Å². The molecule has 2 aliphatic rings. The quantitative estimate of drug-likeness (QED) is 0.264. The van der Waals surface area contributed by atoms with Crippen molar-refractivity contribution in [2.45, 2.75) is 32.7 Å². The maximum atomic E-state index is 15.1. The number of methoxy groups -OCH3 is 1. The molecule has 6 rings (SSSR count). The number of aryl methyl sites for hydroxylation is 1. The van der Waals surface area contributed by atoms with Crippen molar-refractivity contribution in [1.29, 1.82) is 0 Å². The average molecular weight is 651 g/mol. The van der Waals surface area contributed by atoms with E-state index in [4.69, 9.17) is 16.3 Å². The molecule has 10 nitrogen and oxygen atoms in total. The summed E-state index contributed by atoms with van der Waals surface area (Å²) in [6, 6.07) is 10.7. The highest BCUT2D eigenvalue weighted by Crippen LogP contribution is 2.31. The van der Waals surface area contributed by atoms with Gasteiger partial charge in [0, 0.05) is 63.7 Å². The van der Waals surface area contributed by atoms with Gasteiger partial charge in [-0.05, 0) is 62.2 Å². The number of halogens is 2. The molecular weight excluding hydrogens is 611 g/mol. The summed E-state index contributed by atoms with van der Waals surface area (Å²) in [6.45, 7) is 8.89. The summed E-state index contributed by atoms with van der Waals surface area (Å²) in [5, 5.41) is 10.4. The van der Waals surface area contributed by atoms with Gasteiger partial charge in [-0.25, -0.2) is 14.2 Å². The lowest BCUT2D eigenvalue weighted by atomic mass is 10.1. The minimum absolute atomic E-state index is 0.0298. The molecule has 244 valence electrons. The summed E-state index contributed by atoms with van der Waals surface area (Å²) >= 11 is 5.76. The van der Waals surface area contributed by atoms with Gasteiger partial charge in [-0.2, -0.15) is 0 Å². The zero-order valence-electron chi connectivity index (χ0n) is 26.6. The number of ether oxygens (including phenoxy) is 1. The summed E-state index contributed by atoms with van der Waals surface area (Å²) in [6.07, 6.45) is 6.59. The molecule has 1 aromatic carbocycles. The number of aromatic carboxylic acids is 1. The highest BCUT2D eigenvalue weighted by atomic mass is 35.5. The van der Waals surface area contributed by atoms with Gasteiger partial charge in [0.15, 0.2) is 0 Å². The Morgan fingerprint density at radius 3 is 2.54 bits per heavy atom. The molecule has 0 bridgehead atoms. The zero-order chi connectivity index (χ0) is 33.0. The fraction of sp³-hybridized carbons (Fsp3) is 0.412.